The maximum atomic E-state index is 13.5. The molecule has 1 heterocycles. The molecule has 28 heavy (non-hydrogen) atoms. The molecule has 0 radical (unpaired) electrons. The SMILES string of the molecule is CC(C)(C)[C@@H]1C[C@H]2C(=O)N(c3ccccc3)C(=S)N(Cc3ccccc3)[C@H]2C1. The third-order valence-electron chi connectivity index (χ3n) is 6.34. The molecule has 1 aliphatic heterocycles. The van der Waals surface area contributed by atoms with E-state index in [2.05, 4.69) is 49.9 Å². The van der Waals surface area contributed by atoms with Gasteiger partial charge in [-0.25, -0.2) is 0 Å². The minimum Gasteiger partial charge on any atom is -0.340 e. The normalized spacial score (nSPS) is 25.2. The van der Waals surface area contributed by atoms with Gasteiger partial charge in [0, 0.05) is 12.6 Å². The van der Waals surface area contributed by atoms with Crippen LogP contribution in [0, 0.1) is 17.3 Å². The summed E-state index contributed by atoms with van der Waals surface area (Å²) in [6.07, 6.45) is 1.96. The fourth-order valence-electron chi connectivity index (χ4n) is 4.64. The Bertz CT molecular complexity index is 859. The van der Waals surface area contributed by atoms with E-state index in [9.17, 15) is 4.79 Å². The number of anilines is 1. The fraction of sp³-hybridized carbons (Fsp3) is 0.417. The highest BCUT2D eigenvalue weighted by atomic mass is 32.1. The molecule has 146 valence electrons. The summed E-state index contributed by atoms with van der Waals surface area (Å²) < 4.78 is 0. The number of carbonyl (C=O) groups is 1. The van der Waals surface area contributed by atoms with Gasteiger partial charge in [0.15, 0.2) is 5.11 Å². The zero-order chi connectivity index (χ0) is 19.9. The summed E-state index contributed by atoms with van der Waals surface area (Å²) in [5, 5.41) is 0.635. The third-order valence-corrected chi connectivity index (χ3v) is 6.76. The maximum Gasteiger partial charge on any atom is 0.238 e. The van der Waals surface area contributed by atoms with Crippen LogP contribution in [-0.2, 0) is 11.3 Å². The Kier molecular flexibility index (Phi) is 5.00. The van der Waals surface area contributed by atoms with Crippen LogP contribution in [0.3, 0.4) is 0 Å². The maximum absolute atomic E-state index is 13.5. The predicted molar refractivity (Wildman–Crippen MR) is 118 cm³/mol. The van der Waals surface area contributed by atoms with Crippen molar-refractivity contribution in [3.8, 4) is 0 Å². The number of benzene rings is 2. The quantitative estimate of drug-likeness (QED) is 0.666. The van der Waals surface area contributed by atoms with Gasteiger partial charge < -0.3 is 4.90 Å². The van der Waals surface area contributed by atoms with Crippen LogP contribution < -0.4 is 4.90 Å². The van der Waals surface area contributed by atoms with E-state index >= 15 is 0 Å². The van der Waals surface area contributed by atoms with E-state index in [1.165, 1.54) is 5.56 Å². The molecule has 2 aromatic rings. The first kappa shape index (κ1) is 19.1. The molecule has 0 N–H and O–H groups in total. The number of hydrogen-bond donors (Lipinski definition) is 0. The lowest BCUT2D eigenvalue weighted by Gasteiger charge is -2.44. The molecule has 3 nitrogen and oxygen atoms in total. The van der Waals surface area contributed by atoms with Crippen LogP contribution in [0.15, 0.2) is 60.7 Å². The van der Waals surface area contributed by atoms with E-state index in [0.29, 0.717) is 11.0 Å². The molecule has 2 fully saturated rings. The van der Waals surface area contributed by atoms with Gasteiger partial charge in [-0.05, 0) is 54.1 Å². The van der Waals surface area contributed by atoms with Gasteiger partial charge in [0.25, 0.3) is 0 Å². The lowest BCUT2D eigenvalue weighted by Crippen LogP contribution is -2.60. The highest BCUT2D eigenvalue weighted by Crippen LogP contribution is 2.47. The van der Waals surface area contributed by atoms with E-state index in [4.69, 9.17) is 12.2 Å². The smallest absolute Gasteiger partial charge is 0.238 e. The summed E-state index contributed by atoms with van der Waals surface area (Å²) in [6, 6.07) is 20.5. The minimum absolute atomic E-state index is 0.000145. The summed E-state index contributed by atoms with van der Waals surface area (Å²) in [5.41, 5.74) is 2.29. The van der Waals surface area contributed by atoms with Crippen molar-refractivity contribution in [1.29, 1.82) is 0 Å². The summed E-state index contributed by atoms with van der Waals surface area (Å²) >= 11 is 5.89. The monoisotopic (exact) mass is 392 g/mol. The van der Waals surface area contributed by atoms with Crippen LogP contribution in [-0.4, -0.2) is 22.0 Å². The first-order chi connectivity index (χ1) is 13.4. The molecule has 2 aromatic carbocycles. The van der Waals surface area contributed by atoms with E-state index < -0.39 is 0 Å². The Morgan fingerprint density at radius 2 is 1.57 bits per heavy atom. The predicted octanol–water partition coefficient (Wildman–Crippen LogP) is 5.26. The number of rotatable bonds is 3. The molecule has 3 atom stereocenters. The van der Waals surface area contributed by atoms with Gasteiger partial charge in [-0.1, -0.05) is 69.3 Å². The molecule has 1 amide bonds. The molecule has 0 bridgehead atoms. The fourth-order valence-corrected chi connectivity index (χ4v) is 5.04. The standard InChI is InChI=1S/C24H28N2OS/c1-24(2,3)18-14-20-21(15-18)25(16-17-10-6-4-7-11-17)23(28)26(22(20)27)19-12-8-5-9-13-19/h4-13,18,20-21H,14-16H2,1-3H3/t18-,20-,21+/m1/s1. The Morgan fingerprint density at radius 1 is 0.964 bits per heavy atom. The van der Waals surface area contributed by atoms with Crippen molar-refractivity contribution in [1.82, 2.24) is 4.90 Å². The molecular weight excluding hydrogens is 364 g/mol. The van der Waals surface area contributed by atoms with E-state index in [0.717, 1.165) is 25.1 Å². The lowest BCUT2D eigenvalue weighted by atomic mass is 9.79. The minimum atomic E-state index is -0.000145. The number of thiocarbonyl (C=S) groups is 1. The molecule has 0 unspecified atom stereocenters. The van der Waals surface area contributed by atoms with Gasteiger partial charge in [0.05, 0.1) is 11.6 Å². The zero-order valence-electron chi connectivity index (χ0n) is 16.8. The van der Waals surface area contributed by atoms with E-state index in [1.807, 2.05) is 36.4 Å². The van der Waals surface area contributed by atoms with Crippen molar-refractivity contribution in [2.75, 3.05) is 4.90 Å². The number of hydrogen-bond acceptors (Lipinski definition) is 2. The second-order valence-electron chi connectivity index (χ2n) is 9.11. The molecule has 4 rings (SSSR count). The van der Waals surface area contributed by atoms with E-state index in [-0.39, 0.29) is 23.3 Å². The van der Waals surface area contributed by atoms with Gasteiger partial charge in [-0.3, -0.25) is 9.69 Å². The molecule has 0 spiro atoms. The Hall–Kier alpha value is -2.20. The van der Waals surface area contributed by atoms with Crippen LogP contribution in [0.4, 0.5) is 5.69 Å². The number of carbonyl (C=O) groups excluding carboxylic acids is 1. The number of nitrogens with zero attached hydrogens (tertiary/aromatic N) is 2. The van der Waals surface area contributed by atoms with Crippen molar-refractivity contribution in [2.45, 2.75) is 46.2 Å². The van der Waals surface area contributed by atoms with Crippen molar-refractivity contribution in [3.05, 3.63) is 66.2 Å². The van der Waals surface area contributed by atoms with Crippen LogP contribution in [0.1, 0.15) is 39.2 Å². The molecule has 1 saturated heterocycles. The lowest BCUT2D eigenvalue weighted by molar-refractivity contribution is -0.124. The number of para-hydroxylation sites is 1. The molecule has 1 saturated carbocycles. The number of amides is 1. The molecule has 4 heteroatoms. The first-order valence-electron chi connectivity index (χ1n) is 10.1. The van der Waals surface area contributed by atoms with Crippen molar-refractivity contribution in [2.24, 2.45) is 17.3 Å². The van der Waals surface area contributed by atoms with Gasteiger partial charge in [0.2, 0.25) is 5.91 Å². The molecular formula is C24H28N2OS. The van der Waals surface area contributed by atoms with Gasteiger partial charge in [0.1, 0.15) is 0 Å². The first-order valence-corrected chi connectivity index (χ1v) is 10.5. The summed E-state index contributed by atoms with van der Waals surface area (Å²) in [5.74, 6) is 0.681. The average molecular weight is 393 g/mol. The van der Waals surface area contributed by atoms with Crippen LogP contribution in [0.25, 0.3) is 0 Å². The largest absolute Gasteiger partial charge is 0.340 e. The van der Waals surface area contributed by atoms with E-state index in [1.54, 1.807) is 4.90 Å². The molecule has 2 aliphatic rings. The highest BCUT2D eigenvalue weighted by molar-refractivity contribution is 7.80. The van der Waals surface area contributed by atoms with Crippen molar-refractivity contribution in [3.63, 3.8) is 0 Å². The van der Waals surface area contributed by atoms with Crippen LogP contribution in [0.2, 0.25) is 0 Å². The summed E-state index contributed by atoms with van der Waals surface area (Å²) in [4.78, 5) is 17.6. The topological polar surface area (TPSA) is 23.6 Å². The average Bonchev–Trinajstić information content (AvgIpc) is 3.13. The Balaban J connectivity index is 1.72. The highest BCUT2D eigenvalue weighted by Gasteiger charge is 2.51. The second kappa shape index (κ2) is 7.32. The van der Waals surface area contributed by atoms with Crippen LogP contribution >= 0.6 is 12.2 Å². The number of fused-ring (bicyclic) bond motifs is 1. The van der Waals surface area contributed by atoms with Gasteiger partial charge in [-0.15, -0.1) is 0 Å². The Morgan fingerprint density at radius 3 is 2.18 bits per heavy atom. The Labute approximate surface area is 173 Å². The second-order valence-corrected chi connectivity index (χ2v) is 9.48. The third kappa shape index (κ3) is 3.46. The van der Waals surface area contributed by atoms with Crippen LogP contribution in [0.5, 0.6) is 0 Å². The van der Waals surface area contributed by atoms with Gasteiger partial charge in [-0.2, -0.15) is 0 Å². The van der Waals surface area contributed by atoms with Gasteiger partial charge >= 0.3 is 0 Å². The zero-order valence-corrected chi connectivity index (χ0v) is 17.7. The van der Waals surface area contributed by atoms with Crippen molar-refractivity contribution >= 4 is 28.9 Å². The summed E-state index contributed by atoms with van der Waals surface area (Å²) in [7, 11) is 0. The van der Waals surface area contributed by atoms with Crippen molar-refractivity contribution < 1.29 is 4.79 Å². The molecule has 0 aromatic heterocycles. The summed E-state index contributed by atoms with van der Waals surface area (Å²) in [6.45, 7) is 7.60. The molecule has 1 aliphatic carbocycles.